The van der Waals surface area contributed by atoms with Crippen molar-refractivity contribution in [1.29, 1.82) is 0 Å². The maximum Gasteiger partial charge on any atom is 0.338 e. The Morgan fingerprint density at radius 3 is 2.96 bits per heavy atom. The molecule has 0 bridgehead atoms. The van der Waals surface area contributed by atoms with Crippen molar-refractivity contribution in [1.82, 2.24) is 9.38 Å². The minimum atomic E-state index is -0.443. The summed E-state index contributed by atoms with van der Waals surface area (Å²) in [7, 11) is 3.80. The molecule has 0 radical (unpaired) electrons. The van der Waals surface area contributed by atoms with Gasteiger partial charge in [0.25, 0.3) is 5.56 Å². The van der Waals surface area contributed by atoms with Gasteiger partial charge in [0.1, 0.15) is 6.61 Å². The van der Waals surface area contributed by atoms with Crippen LogP contribution in [0.15, 0.2) is 46.7 Å². The number of rotatable bonds is 4. The summed E-state index contributed by atoms with van der Waals surface area (Å²) in [6.45, 7) is -0.0331. The van der Waals surface area contributed by atoms with Crippen molar-refractivity contribution in [3.05, 3.63) is 63.5 Å². The van der Waals surface area contributed by atoms with Gasteiger partial charge in [-0.25, -0.2) is 9.78 Å². The van der Waals surface area contributed by atoms with Gasteiger partial charge in [-0.05, 0) is 18.2 Å². The number of esters is 1. The Morgan fingerprint density at radius 2 is 2.17 bits per heavy atom. The molecule has 0 spiro atoms. The molecule has 0 N–H and O–H groups in total. The number of hydrogen-bond acceptors (Lipinski definition) is 6. The van der Waals surface area contributed by atoms with Gasteiger partial charge in [0.05, 0.1) is 11.3 Å². The second kappa shape index (κ2) is 6.21. The lowest BCUT2D eigenvalue weighted by Gasteiger charge is -2.13. The average Bonchev–Trinajstić information content (AvgIpc) is 3.02. The van der Waals surface area contributed by atoms with E-state index in [1.165, 1.54) is 21.8 Å². The molecule has 2 aromatic heterocycles. The van der Waals surface area contributed by atoms with E-state index in [0.29, 0.717) is 16.2 Å². The third-order valence-corrected chi connectivity index (χ3v) is 4.06. The standard InChI is InChI=1S/C16H15N3O3S/c1-18(2)13-5-3-4-11(8-13)15(21)22-10-12-9-14(20)19-6-7-23-16(19)17-12/h3-9H,10H2,1-2H3. The van der Waals surface area contributed by atoms with E-state index in [4.69, 9.17) is 4.74 Å². The lowest BCUT2D eigenvalue weighted by atomic mass is 10.2. The summed E-state index contributed by atoms with van der Waals surface area (Å²) >= 11 is 1.36. The van der Waals surface area contributed by atoms with Crippen LogP contribution in [-0.4, -0.2) is 29.4 Å². The molecule has 7 heteroatoms. The average molecular weight is 329 g/mol. The fourth-order valence-electron chi connectivity index (χ4n) is 2.10. The highest BCUT2D eigenvalue weighted by Crippen LogP contribution is 2.15. The number of benzene rings is 1. The summed E-state index contributed by atoms with van der Waals surface area (Å²) in [5, 5.41) is 1.78. The molecular formula is C16H15N3O3S. The number of aromatic nitrogens is 2. The number of ether oxygens (including phenoxy) is 1. The summed E-state index contributed by atoms with van der Waals surface area (Å²) in [5.74, 6) is -0.443. The van der Waals surface area contributed by atoms with Crippen LogP contribution >= 0.6 is 11.3 Å². The zero-order valence-electron chi connectivity index (χ0n) is 12.7. The van der Waals surface area contributed by atoms with E-state index < -0.39 is 5.97 Å². The lowest BCUT2D eigenvalue weighted by molar-refractivity contribution is 0.0468. The SMILES string of the molecule is CN(C)c1cccc(C(=O)OCc2cc(=O)n3ccsc3n2)c1. The minimum absolute atomic E-state index is 0.0331. The molecule has 2 heterocycles. The number of anilines is 1. The second-order valence-electron chi connectivity index (χ2n) is 5.16. The van der Waals surface area contributed by atoms with Crippen LogP contribution in [0.3, 0.4) is 0 Å². The van der Waals surface area contributed by atoms with E-state index in [1.807, 2.05) is 25.1 Å². The third-order valence-electron chi connectivity index (χ3n) is 3.31. The summed E-state index contributed by atoms with van der Waals surface area (Å²) in [6, 6.07) is 8.54. The Hall–Kier alpha value is -2.67. The van der Waals surface area contributed by atoms with Gasteiger partial charge < -0.3 is 9.64 Å². The lowest BCUT2D eigenvalue weighted by Crippen LogP contribution is -2.15. The topological polar surface area (TPSA) is 63.9 Å². The van der Waals surface area contributed by atoms with Crippen LogP contribution in [0.2, 0.25) is 0 Å². The van der Waals surface area contributed by atoms with E-state index in [1.54, 1.807) is 29.8 Å². The number of fused-ring (bicyclic) bond motifs is 1. The van der Waals surface area contributed by atoms with Crippen LogP contribution in [-0.2, 0) is 11.3 Å². The molecule has 0 aliphatic carbocycles. The van der Waals surface area contributed by atoms with Gasteiger partial charge in [0.2, 0.25) is 0 Å². The van der Waals surface area contributed by atoms with E-state index in [0.717, 1.165) is 5.69 Å². The number of thiazole rings is 1. The maximum absolute atomic E-state index is 12.1. The molecule has 0 aliphatic rings. The van der Waals surface area contributed by atoms with Gasteiger partial charge >= 0.3 is 5.97 Å². The molecule has 0 fully saturated rings. The van der Waals surface area contributed by atoms with E-state index >= 15 is 0 Å². The van der Waals surface area contributed by atoms with Gasteiger partial charge in [-0.15, -0.1) is 11.3 Å². The molecule has 0 aliphatic heterocycles. The first-order valence-corrected chi connectivity index (χ1v) is 7.83. The van der Waals surface area contributed by atoms with Crippen molar-refractivity contribution >= 4 is 28.0 Å². The van der Waals surface area contributed by atoms with E-state index in [-0.39, 0.29) is 12.2 Å². The van der Waals surface area contributed by atoms with E-state index in [9.17, 15) is 9.59 Å². The van der Waals surface area contributed by atoms with Crippen molar-refractivity contribution < 1.29 is 9.53 Å². The molecule has 0 unspecified atom stereocenters. The predicted molar refractivity (Wildman–Crippen MR) is 89.2 cm³/mol. The Morgan fingerprint density at radius 1 is 1.35 bits per heavy atom. The van der Waals surface area contributed by atoms with Gasteiger partial charge in [-0.2, -0.15) is 0 Å². The Balaban J connectivity index is 1.75. The number of nitrogens with zero attached hydrogens (tertiary/aromatic N) is 3. The first-order valence-electron chi connectivity index (χ1n) is 6.95. The van der Waals surface area contributed by atoms with Gasteiger partial charge in [-0.3, -0.25) is 9.20 Å². The number of hydrogen-bond donors (Lipinski definition) is 0. The quantitative estimate of drug-likeness (QED) is 0.687. The van der Waals surface area contributed by atoms with Gasteiger partial charge in [-0.1, -0.05) is 6.07 Å². The second-order valence-corrected chi connectivity index (χ2v) is 6.04. The third kappa shape index (κ3) is 3.24. The highest BCUT2D eigenvalue weighted by molar-refractivity contribution is 7.15. The van der Waals surface area contributed by atoms with Crippen molar-refractivity contribution in [3.8, 4) is 0 Å². The summed E-state index contributed by atoms with van der Waals surface area (Å²) in [4.78, 5) is 30.8. The summed E-state index contributed by atoms with van der Waals surface area (Å²) in [5.41, 5.74) is 1.63. The Kier molecular flexibility index (Phi) is 4.12. The van der Waals surface area contributed by atoms with Crippen molar-refractivity contribution in [2.75, 3.05) is 19.0 Å². The molecule has 0 atom stereocenters. The molecule has 6 nitrogen and oxygen atoms in total. The normalized spacial score (nSPS) is 10.7. The fraction of sp³-hybridized carbons (Fsp3) is 0.188. The number of carbonyl (C=O) groups is 1. The van der Waals surface area contributed by atoms with Crippen LogP contribution in [0, 0.1) is 0 Å². The fourth-order valence-corrected chi connectivity index (χ4v) is 2.83. The van der Waals surface area contributed by atoms with Crippen molar-refractivity contribution in [3.63, 3.8) is 0 Å². The largest absolute Gasteiger partial charge is 0.456 e. The molecule has 0 amide bonds. The van der Waals surface area contributed by atoms with E-state index in [2.05, 4.69) is 4.98 Å². The van der Waals surface area contributed by atoms with Crippen molar-refractivity contribution in [2.45, 2.75) is 6.61 Å². The monoisotopic (exact) mass is 329 g/mol. The Bertz CT molecular complexity index is 914. The summed E-state index contributed by atoms with van der Waals surface area (Å²) in [6.07, 6.45) is 1.66. The number of carbonyl (C=O) groups excluding carboxylic acids is 1. The van der Waals surface area contributed by atoms with Crippen LogP contribution in [0.1, 0.15) is 16.1 Å². The Labute approximate surface area is 136 Å². The minimum Gasteiger partial charge on any atom is -0.456 e. The van der Waals surface area contributed by atoms with Crippen LogP contribution in [0.5, 0.6) is 0 Å². The van der Waals surface area contributed by atoms with Gasteiger partial charge in [0, 0.05) is 37.4 Å². The highest BCUT2D eigenvalue weighted by atomic mass is 32.1. The molecule has 3 aromatic rings. The molecule has 0 saturated carbocycles. The summed E-state index contributed by atoms with van der Waals surface area (Å²) < 4.78 is 6.72. The van der Waals surface area contributed by atoms with Crippen LogP contribution in [0.25, 0.3) is 4.96 Å². The smallest absolute Gasteiger partial charge is 0.338 e. The van der Waals surface area contributed by atoms with Crippen LogP contribution in [0.4, 0.5) is 5.69 Å². The van der Waals surface area contributed by atoms with Crippen molar-refractivity contribution in [2.24, 2.45) is 0 Å². The molecule has 3 rings (SSSR count). The van der Waals surface area contributed by atoms with Crippen LogP contribution < -0.4 is 10.5 Å². The molecule has 0 saturated heterocycles. The first-order chi connectivity index (χ1) is 11.0. The first kappa shape index (κ1) is 15.2. The predicted octanol–water partition coefficient (Wildman–Crippen LogP) is 2.18. The molecular weight excluding hydrogens is 314 g/mol. The molecule has 1 aromatic carbocycles. The molecule has 118 valence electrons. The molecule has 23 heavy (non-hydrogen) atoms. The highest BCUT2D eigenvalue weighted by Gasteiger charge is 2.10. The zero-order valence-corrected chi connectivity index (χ0v) is 13.5. The maximum atomic E-state index is 12.1. The van der Waals surface area contributed by atoms with Gasteiger partial charge in [0.15, 0.2) is 4.96 Å². The zero-order chi connectivity index (χ0) is 16.4.